The molecule has 0 aromatic heterocycles. The van der Waals surface area contributed by atoms with Gasteiger partial charge >= 0.3 is 0 Å². The van der Waals surface area contributed by atoms with Gasteiger partial charge in [-0.15, -0.1) is 0 Å². The van der Waals surface area contributed by atoms with Crippen LogP contribution in [0.2, 0.25) is 0 Å². The smallest absolute Gasteiger partial charge is 0.141 e. The van der Waals surface area contributed by atoms with E-state index in [9.17, 15) is 0 Å². The monoisotopic (exact) mass is 315 g/mol. The van der Waals surface area contributed by atoms with E-state index in [4.69, 9.17) is 15.2 Å². The SMILES string of the molecule is COc1ccc(C(N)CCC(C)C)c(OC)c1Br. The highest BCUT2D eigenvalue weighted by atomic mass is 79.9. The quantitative estimate of drug-likeness (QED) is 0.865. The van der Waals surface area contributed by atoms with E-state index in [1.165, 1.54) is 0 Å². The summed E-state index contributed by atoms with van der Waals surface area (Å²) in [6.07, 6.45) is 2.06. The molecule has 0 saturated heterocycles. The average molecular weight is 316 g/mol. The maximum Gasteiger partial charge on any atom is 0.141 e. The van der Waals surface area contributed by atoms with Crippen molar-refractivity contribution in [1.29, 1.82) is 0 Å². The molecule has 0 aliphatic carbocycles. The summed E-state index contributed by atoms with van der Waals surface area (Å²) in [5.41, 5.74) is 7.26. The van der Waals surface area contributed by atoms with Gasteiger partial charge in [-0.1, -0.05) is 13.8 Å². The lowest BCUT2D eigenvalue weighted by Crippen LogP contribution is -2.13. The Balaban J connectivity index is 2.97. The molecule has 18 heavy (non-hydrogen) atoms. The van der Waals surface area contributed by atoms with E-state index in [-0.39, 0.29) is 6.04 Å². The maximum atomic E-state index is 6.24. The first kappa shape index (κ1) is 15.3. The topological polar surface area (TPSA) is 44.5 Å². The molecule has 1 unspecified atom stereocenters. The molecule has 1 atom stereocenters. The van der Waals surface area contributed by atoms with E-state index >= 15 is 0 Å². The Labute approximate surface area is 118 Å². The Kier molecular flexibility index (Phi) is 5.96. The number of benzene rings is 1. The van der Waals surface area contributed by atoms with E-state index in [0.717, 1.165) is 34.4 Å². The molecule has 4 heteroatoms. The van der Waals surface area contributed by atoms with Crippen molar-refractivity contribution in [3.63, 3.8) is 0 Å². The summed E-state index contributed by atoms with van der Waals surface area (Å²) >= 11 is 3.50. The molecule has 0 fully saturated rings. The lowest BCUT2D eigenvalue weighted by molar-refractivity contribution is 0.381. The third kappa shape index (κ3) is 3.62. The van der Waals surface area contributed by atoms with Crippen molar-refractivity contribution in [2.24, 2.45) is 11.7 Å². The molecule has 1 rings (SSSR count). The van der Waals surface area contributed by atoms with Crippen molar-refractivity contribution < 1.29 is 9.47 Å². The van der Waals surface area contributed by atoms with Gasteiger partial charge in [0.2, 0.25) is 0 Å². The van der Waals surface area contributed by atoms with Gasteiger partial charge in [0.05, 0.1) is 14.2 Å². The molecule has 102 valence electrons. The number of hydrogen-bond donors (Lipinski definition) is 1. The number of ether oxygens (including phenoxy) is 2. The van der Waals surface area contributed by atoms with Gasteiger partial charge in [0, 0.05) is 11.6 Å². The molecule has 0 saturated carbocycles. The van der Waals surface area contributed by atoms with Crippen LogP contribution in [0.1, 0.15) is 38.3 Å². The lowest BCUT2D eigenvalue weighted by Gasteiger charge is -2.19. The summed E-state index contributed by atoms with van der Waals surface area (Å²) in [6.45, 7) is 4.40. The summed E-state index contributed by atoms with van der Waals surface area (Å²) in [6, 6.07) is 3.88. The highest BCUT2D eigenvalue weighted by molar-refractivity contribution is 9.10. The van der Waals surface area contributed by atoms with Crippen LogP contribution in [0, 0.1) is 5.92 Å². The third-order valence-corrected chi connectivity index (χ3v) is 3.72. The van der Waals surface area contributed by atoms with Gasteiger partial charge in [-0.25, -0.2) is 0 Å². The molecular formula is C14H22BrNO2. The maximum absolute atomic E-state index is 6.24. The second-order valence-corrected chi connectivity index (χ2v) is 5.57. The molecule has 1 aromatic carbocycles. The van der Waals surface area contributed by atoms with Crippen LogP contribution in [0.3, 0.4) is 0 Å². The number of nitrogens with two attached hydrogens (primary N) is 1. The molecule has 0 aliphatic heterocycles. The summed E-state index contributed by atoms with van der Waals surface area (Å²) in [7, 11) is 3.29. The highest BCUT2D eigenvalue weighted by Gasteiger charge is 2.17. The summed E-state index contributed by atoms with van der Waals surface area (Å²) in [5.74, 6) is 2.18. The summed E-state index contributed by atoms with van der Waals surface area (Å²) in [4.78, 5) is 0. The zero-order chi connectivity index (χ0) is 13.7. The Morgan fingerprint density at radius 1 is 1.17 bits per heavy atom. The van der Waals surface area contributed by atoms with Crippen LogP contribution in [0.5, 0.6) is 11.5 Å². The fourth-order valence-corrected chi connectivity index (χ4v) is 2.56. The zero-order valence-corrected chi connectivity index (χ0v) is 13.1. The Morgan fingerprint density at radius 3 is 2.33 bits per heavy atom. The average Bonchev–Trinajstić information content (AvgIpc) is 2.35. The largest absolute Gasteiger partial charge is 0.495 e. The van der Waals surface area contributed by atoms with Crippen molar-refractivity contribution in [2.45, 2.75) is 32.7 Å². The fraction of sp³-hybridized carbons (Fsp3) is 0.571. The van der Waals surface area contributed by atoms with Crippen LogP contribution in [-0.2, 0) is 0 Å². The van der Waals surface area contributed by atoms with E-state index in [1.54, 1.807) is 14.2 Å². The van der Waals surface area contributed by atoms with Crippen LogP contribution >= 0.6 is 15.9 Å². The van der Waals surface area contributed by atoms with E-state index in [0.29, 0.717) is 5.92 Å². The molecule has 1 aromatic rings. The first-order valence-corrected chi connectivity index (χ1v) is 6.96. The van der Waals surface area contributed by atoms with Gasteiger partial charge in [-0.05, 0) is 46.8 Å². The second-order valence-electron chi connectivity index (χ2n) is 4.78. The fourth-order valence-electron chi connectivity index (χ4n) is 1.88. The van der Waals surface area contributed by atoms with Gasteiger partial charge in [-0.3, -0.25) is 0 Å². The molecule has 0 spiro atoms. The molecule has 2 N–H and O–H groups in total. The Bertz CT molecular complexity index is 394. The molecule has 0 aliphatic rings. The molecule has 0 radical (unpaired) electrons. The number of methoxy groups -OCH3 is 2. The van der Waals surface area contributed by atoms with Crippen molar-refractivity contribution in [1.82, 2.24) is 0 Å². The van der Waals surface area contributed by atoms with Crippen LogP contribution in [0.15, 0.2) is 16.6 Å². The van der Waals surface area contributed by atoms with Crippen LogP contribution < -0.4 is 15.2 Å². The molecular weight excluding hydrogens is 294 g/mol. The van der Waals surface area contributed by atoms with Gasteiger partial charge < -0.3 is 15.2 Å². The van der Waals surface area contributed by atoms with Gasteiger partial charge in [0.15, 0.2) is 0 Å². The van der Waals surface area contributed by atoms with Crippen molar-refractivity contribution in [3.8, 4) is 11.5 Å². The van der Waals surface area contributed by atoms with Crippen molar-refractivity contribution in [3.05, 3.63) is 22.2 Å². The molecule has 3 nitrogen and oxygen atoms in total. The van der Waals surface area contributed by atoms with Crippen LogP contribution in [0.4, 0.5) is 0 Å². The highest BCUT2D eigenvalue weighted by Crippen LogP contribution is 2.40. The molecule has 0 amide bonds. The predicted molar refractivity (Wildman–Crippen MR) is 78.2 cm³/mol. The second kappa shape index (κ2) is 7.00. The van der Waals surface area contributed by atoms with Crippen molar-refractivity contribution in [2.75, 3.05) is 14.2 Å². The van der Waals surface area contributed by atoms with E-state index in [1.807, 2.05) is 12.1 Å². The zero-order valence-electron chi connectivity index (χ0n) is 11.5. The first-order chi connectivity index (χ1) is 8.51. The van der Waals surface area contributed by atoms with Crippen molar-refractivity contribution >= 4 is 15.9 Å². The van der Waals surface area contributed by atoms with Gasteiger partial charge in [0.1, 0.15) is 16.0 Å². The Hall–Kier alpha value is -0.740. The van der Waals surface area contributed by atoms with Crippen LogP contribution in [-0.4, -0.2) is 14.2 Å². The summed E-state index contributed by atoms with van der Waals surface area (Å²) in [5, 5.41) is 0. The molecule has 0 bridgehead atoms. The van der Waals surface area contributed by atoms with Gasteiger partial charge in [0.25, 0.3) is 0 Å². The lowest BCUT2D eigenvalue weighted by atomic mass is 9.97. The van der Waals surface area contributed by atoms with Crippen LogP contribution in [0.25, 0.3) is 0 Å². The Morgan fingerprint density at radius 2 is 1.83 bits per heavy atom. The number of halogens is 1. The van der Waals surface area contributed by atoms with E-state index < -0.39 is 0 Å². The summed E-state index contributed by atoms with van der Waals surface area (Å²) < 4.78 is 11.5. The standard InChI is InChI=1S/C14H22BrNO2/c1-9(2)5-7-11(16)10-6-8-12(17-3)13(15)14(10)18-4/h6,8-9,11H,5,7,16H2,1-4H3. The normalized spacial score (nSPS) is 12.6. The first-order valence-electron chi connectivity index (χ1n) is 6.17. The number of rotatable bonds is 6. The third-order valence-electron chi connectivity index (χ3n) is 2.97. The van der Waals surface area contributed by atoms with Gasteiger partial charge in [-0.2, -0.15) is 0 Å². The minimum Gasteiger partial charge on any atom is -0.495 e. The minimum atomic E-state index is -0.00967. The minimum absolute atomic E-state index is 0.00967. The predicted octanol–water partition coefficient (Wildman–Crippen LogP) is 3.90. The number of hydrogen-bond acceptors (Lipinski definition) is 3. The van der Waals surface area contributed by atoms with E-state index in [2.05, 4.69) is 29.8 Å². The molecule has 0 heterocycles.